The number of hydrogen-bond acceptors (Lipinski definition) is 3. The number of benzene rings is 1. The van der Waals surface area contributed by atoms with Gasteiger partial charge in [0.1, 0.15) is 5.75 Å². The minimum Gasteiger partial charge on any atom is -0.497 e. The predicted octanol–water partition coefficient (Wildman–Crippen LogP) is 2.02. The maximum absolute atomic E-state index is 12.2. The number of methoxy groups -OCH3 is 1. The molecule has 1 aliphatic rings. The number of nitrogens with one attached hydrogen (secondary N) is 1. The first-order chi connectivity index (χ1) is 9.67. The lowest BCUT2D eigenvalue weighted by molar-refractivity contribution is -0.122. The fraction of sp³-hybridized carbons (Fsp3) is 0.562. The van der Waals surface area contributed by atoms with Gasteiger partial charge in [-0.3, -0.25) is 4.79 Å². The molecule has 1 fully saturated rings. The van der Waals surface area contributed by atoms with E-state index in [0.717, 1.165) is 37.0 Å². The Morgan fingerprint density at radius 2 is 1.90 bits per heavy atom. The Kier molecular flexibility index (Phi) is 5.01. The van der Waals surface area contributed by atoms with E-state index >= 15 is 0 Å². The quantitative estimate of drug-likeness (QED) is 0.864. The average molecular weight is 276 g/mol. The van der Waals surface area contributed by atoms with Crippen molar-refractivity contribution in [1.82, 2.24) is 5.32 Å². The molecule has 1 aromatic carbocycles. The second-order valence-electron chi connectivity index (χ2n) is 5.62. The van der Waals surface area contributed by atoms with Crippen molar-refractivity contribution in [1.29, 1.82) is 0 Å². The van der Waals surface area contributed by atoms with Gasteiger partial charge in [-0.1, -0.05) is 31.4 Å². The van der Waals surface area contributed by atoms with Crippen LogP contribution < -0.4 is 15.8 Å². The van der Waals surface area contributed by atoms with Gasteiger partial charge in [0.25, 0.3) is 0 Å². The molecule has 110 valence electrons. The lowest BCUT2D eigenvalue weighted by atomic mass is 9.81. The molecule has 0 unspecified atom stereocenters. The number of nitrogens with two attached hydrogens (primary N) is 1. The molecule has 0 heterocycles. The van der Waals surface area contributed by atoms with Crippen LogP contribution in [-0.4, -0.2) is 25.1 Å². The second-order valence-corrected chi connectivity index (χ2v) is 5.62. The third kappa shape index (κ3) is 3.73. The normalized spacial score (nSPS) is 17.5. The number of amides is 1. The second kappa shape index (κ2) is 6.75. The SMILES string of the molecule is COc1ccc(CC(=O)NC2(CN)CCCCC2)cc1. The summed E-state index contributed by atoms with van der Waals surface area (Å²) >= 11 is 0. The Labute approximate surface area is 120 Å². The highest BCUT2D eigenvalue weighted by atomic mass is 16.5. The minimum atomic E-state index is -0.179. The van der Waals surface area contributed by atoms with Crippen molar-refractivity contribution < 1.29 is 9.53 Å². The molecular formula is C16H24N2O2. The molecule has 0 aliphatic heterocycles. The van der Waals surface area contributed by atoms with E-state index < -0.39 is 0 Å². The molecule has 20 heavy (non-hydrogen) atoms. The zero-order chi connectivity index (χ0) is 14.4. The van der Waals surface area contributed by atoms with Crippen molar-refractivity contribution in [2.75, 3.05) is 13.7 Å². The van der Waals surface area contributed by atoms with E-state index in [2.05, 4.69) is 5.32 Å². The van der Waals surface area contributed by atoms with Crippen LogP contribution >= 0.6 is 0 Å². The van der Waals surface area contributed by atoms with Crippen LogP contribution in [0.2, 0.25) is 0 Å². The molecule has 1 amide bonds. The van der Waals surface area contributed by atoms with Crippen molar-refractivity contribution in [3.8, 4) is 5.75 Å². The number of carbonyl (C=O) groups excluding carboxylic acids is 1. The Bertz CT molecular complexity index is 436. The van der Waals surface area contributed by atoms with Gasteiger partial charge >= 0.3 is 0 Å². The summed E-state index contributed by atoms with van der Waals surface area (Å²) in [6.45, 7) is 0.529. The first kappa shape index (κ1) is 14.9. The average Bonchev–Trinajstić information content (AvgIpc) is 2.49. The van der Waals surface area contributed by atoms with Crippen LogP contribution in [0, 0.1) is 0 Å². The van der Waals surface area contributed by atoms with Crippen LogP contribution in [0.3, 0.4) is 0 Å². The Morgan fingerprint density at radius 3 is 2.45 bits per heavy atom. The topological polar surface area (TPSA) is 64.3 Å². The van der Waals surface area contributed by atoms with E-state index in [1.807, 2.05) is 24.3 Å². The number of carbonyl (C=O) groups is 1. The van der Waals surface area contributed by atoms with Crippen LogP contribution in [0.15, 0.2) is 24.3 Å². The maximum atomic E-state index is 12.2. The molecule has 0 spiro atoms. The monoisotopic (exact) mass is 276 g/mol. The van der Waals surface area contributed by atoms with Gasteiger partial charge in [-0.05, 0) is 30.5 Å². The summed E-state index contributed by atoms with van der Waals surface area (Å²) in [5, 5.41) is 3.16. The van der Waals surface area contributed by atoms with E-state index in [-0.39, 0.29) is 11.4 Å². The lowest BCUT2D eigenvalue weighted by Gasteiger charge is -2.37. The summed E-state index contributed by atoms with van der Waals surface area (Å²) < 4.78 is 5.11. The van der Waals surface area contributed by atoms with Crippen LogP contribution in [0.4, 0.5) is 0 Å². The molecule has 4 nitrogen and oxygen atoms in total. The third-order valence-electron chi connectivity index (χ3n) is 4.13. The zero-order valence-electron chi connectivity index (χ0n) is 12.2. The van der Waals surface area contributed by atoms with Gasteiger partial charge in [0.2, 0.25) is 5.91 Å². The molecule has 3 N–H and O–H groups in total. The molecular weight excluding hydrogens is 252 g/mol. The van der Waals surface area contributed by atoms with Crippen LogP contribution in [0.25, 0.3) is 0 Å². The highest BCUT2D eigenvalue weighted by Gasteiger charge is 2.31. The van der Waals surface area contributed by atoms with E-state index in [4.69, 9.17) is 10.5 Å². The van der Waals surface area contributed by atoms with Crippen LogP contribution in [0.1, 0.15) is 37.7 Å². The zero-order valence-corrected chi connectivity index (χ0v) is 12.2. The van der Waals surface area contributed by atoms with Gasteiger partial charge in [-0.25, -0.2) is 0 Å². The summed E-state index contributed by atoms with van der Waals surface area (Å²) in [7, 11) is 1.63. The summed E-state index contributed by atoms with van der Waals surface area (Å²) in [5.74, 6) is 0.863. The molecule has 0 aromatic heterocycles. The van der Waals surface area contributed by atoms with E-state index in [9.17, 15) is 4.79 Å². The molecule has 1 aliphatic carbocycles. The van der Waals surface area contributed by atoms with Gasteiger partial charge in [-0.15, -0.1) is 0 Å². The first-order valence-electron chi connectivity index (χ1n) is 7.31. The van der Waals surface area contributed by atoms with Crippen molar-refractivity contribution in [2.45, 2.75) is 44.1 Å². The lowest BCUT2D eigenvalue weighted by Crippen LogP contribution is -2.55. The van der Waals surface area contributed by atoms with Gasteiger partial charge < -0.3 is 15.8 Å². The molecule has 4 heteroatoms. The Hall–Kier alpha value is -1.55. The maximum Gasteiger partial charge on any atom is 0.224 e. The molecule has 0 saturated heterocycles. The van der Waals surface area contributed by atoms with Crippen molar-refractivity contribution in [2.24, 2.45) is 5.73 Å². The molecule has 1 aromatic rings. The van der Waals surface area contributed by atoms with Gasteiger partial charge in [0.15, 0.2) is 0 Å². The first-order valence-corrected chi connectivity index (χ1v) is 7.31. The van der Waals surface area contributed by atoms with Crippen LogP contribution in [-0.2, 0) is 11.2 Å². The minimum absolute atomic E-state index is 0.0579. The highest BCUT2D eigenvalue weighted by Crippen LogP contribution is 2.27. The van der Waals surface area contributed by atoms with Crippen molar-refractivity contribution in [3.05, 3.63) is 29.8 Å². The number of rotatable bonds is 5. The smallest absolute Gasteiger partial charge is 0.224 e. The summed E-state index contributed by atoms with van der Waals surface area (Å²) in [5.41, 5.74) is 6.70. The van der Waals surface area contributed by atoms with E-state index in [1.165, 1.54) is 6.42 Å². The standard InChI is InChI=1S/C16H24N2O2/c1-20-14-7-5-13(6-8-14)11-15(19)18-16(12-17)9-3-2-4-10-16/h5-8H,2-4,9-12,17H2,1H3,(H,18,19). The number of hydrogen-bond donors (Lipinski definition) is 2. The van der Waals surface area contributed by atoms with Crippen molar-refractivity contribution >= 4 is 5.91 Å². The summed E-state index contributed by atoms with van der Waals surface area (Å²) in [6.07, 6.45) is 5.94. The fourth-order valence-electron chi connectivity index (χ4n) is 2.88. The molecule has 0 atom stereocenters. The molecule has 2 rings (SSSR count). The molecule has 0 radical (unpaired) electrons. The predicted molar refractivity (Wildman–Crippen MR) is 79.7 cm³/mol. The molecule has 1 saturated carbocycles. The van der Waals surface area contributed by atoms with E-state index in [0.29, 0.717) is 13.0 Å². The van der Waals surface area contributed by atoms with Crippen LogP contribution in [0.5, 0.6) is 5.75 Å². The molecule has 0 bridgehead atoms. The van der Waals surface area contributed by atoms with Gasteiger partial charge in [-0.2, -0.15) is 0 Å². The highest BCUT2D eigenvalue weighted by molar-refractivity contribution is 5.79. The Morgan fingerprint density at radius 1 is 1.25 bits per heavy atom. The van der Waals surface area contributed by atoms with Crippen molar-refractivity contribution in [3.63, 3.8) is 0 Å². The van der Waals surface area contributed by atoms with Gasteiger partial charge in [0, 0.05) is 6.54 Å². The number of ether oxygens (including phenoxy) is 1. The van der Waals surface area contributed by atoms with E-state index in [1.54, 1.807) is 7.11 Å². The Balaban J connectivity index is 1.93. The summed E-state index contributed by atoms with van der Waals surface area (Å²) in [4.78, 5) is 12.2. The fourth-order valence-corrected chi connectivity index (χ4v) is 2.88. The third-order valence-corrected chi connectivity index (χ3v) is 4.13. The largest absolute Gasteiger partial charge is 0.497 e. The summed E-state index contributed by atoms with van der Waals surface area (Å²) in [6, 6.07) is 7.60. The van der Waals surface area contributed by atoms with Gasteiger partial charge in [0.05, 0.1) is 19.1 Å².